The quantitative estimate of drug-likeness (QED) is 0.376. The molecule has 32 heavy (non-hydrogen) atoms. The predicted molar refractivity (Wildman–Crippen MR) is 131 cm³/mol. The number of carbonyl (C=O) groups excluding carboxylic acids is 1. The Morgan fingerprint density at radius 3 is 2.25 bits per heavy atom. The number of fused-ring (bicyclic) bond motifs is 1. The summed E-state index contributed by atoms with van der Waals surface area (Å²) in [5.41, 5.74) is 8.24. The van der Waals surface area contributed by atoms with E-state index in [1.807, 2.05) is 36.9 Å². The lowest BCUT2D eigenvalue weighted by atomic mass is 9.98. The van der Waals surface area contributed by atoms with Crippen molar-refractivity contribution in [2.45, 2.75) is 54.1 Å². The number of para-hydroxylation sites is 2. The third-order valence-electron chi connectivity index (χ3n) is 5.98. The molecule has 1 amide bonds. The molecule has 0 aliphatic carbocycles. The van der Waals surface area contributed by atoms with Crippen LogP contribution in [0.25, 0.3) is 16.7 Å². The number of hydrogen-bond acceptors (Lipinski definition) is 2. The van der Waals surface area contributed by atoms with Crippen molar-refractivity contribution < 1.29 is 4.79 Å². The second-order valence-electron chi connectivity index (χ2n) is 8.99. The molecule has 1 aromatic heterocycles. The highest BCUT2D eigenvalue weighted by Crippen LogP contribution is 2.26. The van der Waals surface area contributed by atoms with Crippen molar-refractivity contribution in [3.05, 3.63) is 94.3 Å². The van der Waals surface area contributed by atoms with Crippen molar-refractivity contribution in [1.82, 2.24) is 14.5 Å². The maximum atomic E-state index is 13.7. The first kappa shape index (κ1) is 21.8. The molecular weight excluding hydrogens is 394 g/mol. The smallest absolute Gasteiger partial charge is 0.255 e. The molecule has 164 valence electrons. The largest absolute Gasteiger partial charge is 0.329 e. The molecule has 4 aromatic rings. The number of aromatic nitrogens is 2. The molecule has 0 fully saturated rings. The van der Waals surface area contributed by atoms with Crippen molar-refractivity contribution in [1.29, 1.82) is 0 Å². The van der Waals surface area contributed by atoms with Crippen LogP contribution in [-0.2, 0) is 6.54 Å². The van der Waals surface area contributed by atoms with Gasteiger partial charge in [-0.05, 0) is 82.5 Å². The molecule has 0 bridgehead atoms. The minimum atomic E-state index is 0.0355. The SMILES string of the molecule is Cc1cccc(-n2c(CN(C(=O)c3c(C)cc(C)cc3C)C(C)C)nc3ccccc32)c1. The predicted octanol–water partition coefficient (Wildman–Crippen LogP) is 6.31. The third-order valence-corrected chi connectivity index (χ3v) is 5.98. The number of carbonyl (C=O) groups is 1. The van der Waals surface area contributed by atoms with E-state index in [0.717, 1.165) is 39.2 Å². The molecule has 0 N–H and O–H groups in total. The van der Waals surface area contributed by atoms with Crippen LogP contribution in [0.2, 0.25) is 0 Å². The monoisotopic (exact) mass is 425 g/mol. The van der Waals surface area contributed by atoms with Crippen molar-refractivity contribution in [3.8, 4) is 5.69 Å². The van der Waals surface area contributed by atoms with Crippen molar-refractivity contribution in [2.24, 2.45) is 0 Å². The number of nitrogens with zero attached hydrogens (tertiary/aromatic N) is 3. The Morgan fingerprint density at radius 1 is 0.906 bits per heavy atom. The first-order valence-electron chi connectivity index (χ1n) is 11.2. The van der Waals surface area contributed by atoms with Crippen LogP contribution in [0.4, 0.5) is 0 Å². The minimum absolute atomic E-state index is 0.0355. The molecule has 0 aliphatic rings. The molecule has 4 heteroatoms. The fraction of sp³-hybridized carbons (Fsp3) is 0.286. The molecule has 0 aliphatic heterocycles. The summed E-state index contributed by atoms with van der Waals surface area (Å²) in [7, 11) is 0. The molecular formula is C28H31N3O. The zero-order chi connectivity index (χ0) is 23.0. The summed E-state index contributed by atoms with van der Waals surface area (Å²) >= 11 is 0. The van der Waals surface area contributed by atoms with E-state index >= 15 is 0 Å². The number of rotatable bonds is 5. The number of hydrogen-bond donors (Lipinski definition) is 0. The van der Waals surface area contributed by atoms with Gasteiger partial charge in [0.25, 0.3) is 5.91 Å². The number of aryl methyl sites for hydroxylation is 4. The molecule has 0 atom stereocenters. The normalized spacial score (nSPS) is 11.3. The van der Waals surface area contributed by atoms with E-state index in [0.29, 0.717) is 6.54 Å². The van der Waals surface area contributed by atoms with E-state index in [2.05, 4.69) is 74.7 Å². The summed E-state index contributed by atoms with van der Waals surface area (Å²) in [5, 5.41) is 0. The van der Waals surface area contributed by atoms with Gasteiger partial charge in [-0.15, -0.1) is 0 Å². The summed E-state index contributed by atoms with van der Waals surface area (Å²) in [4.78, 5) is 20.6. The van der Waals surface area contributed by atoms with Crippen LogP contribution in [-0.4, -0.2) is 26.4 Å². The Kier molecular flexibility index (Phi) is 5.88. The highest BCUT2D eigenvalue weighted by molar-refractivity contribution is 5.97. The first-order valence-corrected chi connectivity index (χ1v) is 11.2. The van der Waals surface area contributed by atoms with Gasteiger partial charge in [0.05, 0.1) is 17.6 Å². The van der Waals surface area contributed by atoms with E-state index in [1.54, 1.807) is 0 Å². The zero-order valence-electron chi connectivity index (χ0n) is 19.8. The molecule has 0 unspecified atom stereocenters. The maximum absolute atomic E-state index is 13.7. The van der Waals surface area contributed by atoms with Gasteiger partial charge in [-0.1, -0.05) is 42.0 Å². The van der Waals surface area contributed by atoms with Gasteiger partial charge in [-0.2, -0.15) is 0 Å². The standard InChI is InChI=1S/C28H31N3O/c1-18(2)30(28(32)27-21(5)14-20(4)15-22(27)6)17-26-29-24-12-7-8-13-25(24)31(26)23-11-9-10-19(3)16-23/h7-16,18H,17H2,1-6H3. The van der Waals surface area contributed by atoms with Crippen LogP contribution in [0.5, 0.6) is 0 Å². The van der Waals surface area contributed by atoms with E-state index in [-0.39, 0.29) is 11.9 Å². The van der Waals surface area contributed by atoms with Gasteiger partial charge in [-0.3, -0.25) is 9.36 Å². The zero-order valence-corrected chi connectivity index (χ0v) is 19.8. The van der Waals surface area contributed by atoms with Crippen LogP contribution in [0.15, 0.2) is 60.7 Å². The lowest BCUT2D eigenvalue weighted by Gasteiger charge is -2.28. The molecule has 3 aromatic carbocycles. The molecule has 0 radical (unpaired) electrons. The molecule has 4 rings (SSSR count). The average molecular weight is 426 g/mol. The number of amides is 1. The Morgan fingerprint density at radius 2 is 1.59 bits per heavy atom. The van der Waals surface area contributed by atoms with Crippen LogP contribution in [0.1, 0.15) is 52.3 Å². The van der Waals surface area contributed by atoms with Gasteiger partial charge in [0, 0.05) is 17.3 Å². The van der Waals surface area contributed by atoms with E-state index in [9.17, 15) is 4.79 Å². The molecule has 0 spiro atoms. The molecule has 4 nitrogen and oxygen atoms in total. The van der Waals surface area contributed by atoms with Crippen molar-refractivity contribution >= 4 is 16.9 Å². The summed E-state index contributed by atoms with van der Waals surface area (Å²) in [6.45, 7) is 12.8. The van der Waals surface area contributed by atoms with E-state index in [4.69, 9.17) is 4.98 Å². The summed E-state index contributed by atoms with van der Waals surface area (Å²) < 4.78 is 2.18. The third kappa shape index (κ3) is 4.05. The van der Waals surface area contributed by atoms with Gasteiger partial charge in [-0.25, -0.2) is 4.98 Å². The van der Waals surface area contributed by atoms with Crippen LogP contribution in [0.3, 0.4) is 0 Å². The molecule has 1 heterocycles. The Balaban J connectivity index is 1.82. The summed E-state index contributed by atoms with van der Waals surface area (Å²) in [6.07, 6.45) is 0. The first-order chi connectivity index (χ1) is 15.3. The van der Waals surface area contributed by atoms with Gasteiger partial charge in [0.1, 0.15) is 5.82 Å². The van der Waals surface area contributed by atoms with Crippen LogP contribution in [0, 0.1) is 27.7 Å². The lowest BCUT2D eigenvalue weighted by molar-refractivity contribution is 0.0683. The summed E-state index contributed by atoms with van der Waals surface area (Å²) in [5.74, 6) is 0.916. The topological polar surface area (TPSA) is 38.1 Å². The number of imidazole rings is 1. The molecule has 0 saturated carbocycles. The van der Waals surface area contributed by atoms with Crippen molar-refractivity contribution in [3.63, 3.8) is 0 Å². The minimum Gasteiger partial charge on any atom is -0.329 e. The van der Waals surface area contributed by atoms with Crippen molar-refractivity contribution in [2.75, 3.05) is 0 Å². The van der Waals surface area contributed by atoms with Crippen LogP contribution >= 0.6 is 0 Å². The number of benzene rings is 3. The van der Waals surface area contributed by atoms with Gasteiger partial charge in [0.15, 0.2) is 0 Å². The average Bonchev–Trinajstić information content (AvgIpc) is 3.09. The van der Waals surface area contributed by atoms with E-state index in [1.165, 1.54) is 11.1 Å². The molecule has 0 saturated heterocycles. The van der Waals surface area contributed by atoms with Gasteiger partial charge < -0.3 is 4.90 Å². The second kappa shape index (κ2) is 8.62. The fourth-order valence-corrected chi connectivity index (χ4v) is 4.54. The van der Waals surface area contributed by atoms with Gasteiger partial charge >= 0.3 is 0 Å². The highest BCUT2D eigenvalue weighted by Gasteiger charge is 2.25. The van der Waals surface area contributed by atoms with Crippen LogP contribution < -0.4 is 0 Å². The second-order valence-corrected chi connectivity index (χ2v) is 8.99. The van der Waals surface area contributed by atoms with Gasteiger partial charge in [0.2, 0.25) is 0 Å². The van der Waals surface area contributed by atoms with E-state index < -0.39 is 0 Å². The lowest BCUT2D eigenvalue weighted by Crippen LogP contribution is -2.38. The summed E-state index contributed by atoms with van der Waals surface area (Å²) in [6, 6.07) is 20.8. The Bertz CT molecular complexity index is 1280. The maximum Gasteiger partial charge on any atom is 0.255 e. The highest BCUT2D eigenvalue weighted by atomic mass is 16.2. The Hall–Kier alpha value is -3.40. The Labute approximate surface area is 190 Å². The fourth-order valence-electron chi connectivity index (χ4n) is 4.54.